The van der Waals surface area contributed by atoms with Crippen LogP contribution in [0.25, 0.3) is 5.69 Å². The summed E-state index contributed by atoms with van der Waals surface area (Å²) < 4.78 is 41.7. The molecule has 10 heteroatoms. The van der Waals surface area contributed by atoms with Crippen LogP contribution in [0.3, 0.4) is 0 Å². The first kappa shape index (κ1) is 21.1. The van der Waals surface area contributed by atoms with Crippen LogP contribution in [0.2, 0.25) is 5.15 Å². The number of para-hydroxylation sites is 2. The molecule has 0 unspecified atom stereocenters. The smallest absolute Gasteiger partial charge is 0.285 e. The molecular weight excluding hydrogens is 436 g/mol. The van der Waals surface area contributed by atoms with E-state index < -0.39 is 10.0 Å². The lowest BCUT2D eigenvalue weighted by Gasteiger charge is -2.10. The predicted octanol–water partition coefficient (Wildman–Crippen LogP) is 3.70. The van der Waals surface area contributed by atoms with E-state index in [1.807, 2.05) is 6.92 Å². The van der Waals surface area contributed by atoms with Crippen molar-refractivity contribution >= 4 is 39.2 Å². The Balaban J connectivity index is 2.20. The quantitative estimate of drug-likeness (QED) is 0.510. The van der Waals surface area contributed by atoms with Gasteiger partial charge in [0.2, 0.25) is 4.80 Å². The molecule has 0 fully saturated rings. The van der Waals surface area contributed by atoms with Gasteiger partial charge in [-0.15, -0.1) is 4.40 Å². The van der Waals surface area contributed by atoms with Crippen molar-refractivity contribution < 1.29 is 22.7 Å². The second-order valence-electron chi connectivity index (χ2n) is 5.64. The number of carbonyl (C=O) groups is 1. The highest BCUT2D eigenvalue weighted by atomic mass is 35.5. The highest BCUT2D eigenvalue weighted by molar-refractivity contribution is 7.90. The van der Waals surface area contributed by atoms with Crippen LogP contribution >= 0.6 is 22.9 Å². The molecule has 0 amide bonds. The second-order valence-corrected chi connectivity index (χ2v) is 8.61. The molecule has 3 aromatic rings. The fourth-order valence-electron chi connectivity index (χ4n) is 2.57. The first-order chi connectivity index (χ1) is 13.9. The molecule has 0 aliphatic carbocycles. The summed E-state index contributed by atoms with van der Waals surface area (Å²) in [5.74, 6) is 1.00. The van der Waals surface area contributed by atoms with Crippen molar-refractivity contribution in [1.29, 1.82) is 0 Å². The molecule has 7 nitrogen and oxygen atoms in total. The van der Waals surface area contributed by atoms with Crippen LogP contribution in [0.4, 0.5) is 0 Å². The molecule has 29 heavy (non-hydrogen) atoms. The Morgan fingerprint density at radius 1 is 1.17 bits per heavy atom. The van der Waals surface area contributed by atoms with Gasteiger partial charge in [0.05, 0.1) is 24.3 Å². The molecule has 0 spiro atoms. The minimum Gasteiger partial charge on any atom is -0.495 e. The van der Waals surface area contributed by atoms with Gasteiger partial charge in [0.25, 0.3) is 10.0 Å². The molecule has 0 saturated heterocycles. The summed E-state index contributed by atoms with van der Waals surface area (Å²) in [4.78, 5) is 11.6. The number of benzene rings is 2. The number of ether oxygens (including phenoxy) is 2. The van der Waals surface area contributed by atoms with Gasteiger partial charge in [-0.05, 0) is 43.3 Å². The molecule has 0 radical (unpaired) electrons. The van der Waals surface area contributed by atoms with E-state index >= 15 is 0 Å². The average molecular weight is 453 g/mol. The summed E-state index contributed by atoms with van der Waals surface area (Å²) >= 11 is 7.21. The van der Waals surface area contributed by atoms with Crippen molar-refractivity contribution in [3.8, 4) is 17.2 Å². The highest BCUT2D eigenvalue weighted by Gasteiger charge is 2.19. The van der Waals surface area contributed by atoms with Crippen molar-refractivity contribution in [2.24, 2.45) is 4.40 Å². The molecule has 0 N–H and O–H groups in total. The topological polar surface area (TPSA) is 87.0 Å². The number of carbonyl (C=O) groups excluding carboxylic acids is 1. The molecule has 0 aliphatic rings. The van der Waals surface area contributed by atoms with Gasteiger partial charge in [0.15, 0.2) is 6.29 Å². The number of methoxy groups -OCH3 is 1. The van der Waals surface area contributed by atoms with Crippen LogP contribution in [0.5, 0.6) is 11.5 Å². The van der Waals surface area contributed by atoms with Gasteiger partial charge in [-0.3, -0.25) is 9.36 Å². The molecule has 0 bridgehead atoms. The second kappa shape index (κ2) is 8.81. The largest absolute Gasteiger partial charge is 0.495 e. The normalized spacial score (nSPS) is 12.0. The maximum atomic E-state index is 12.8. The minimum atomic E-state index is -4.06. The van der Waals surface area contributed by atoms with Gasteiger partial charge in [0, 0.05) is 0 Å². The van der Waals surface area contributed by atoms with Gasteiger partial charge < -0.3 is 9.47 Å². The zero-order valence-corrected chi connectivity index (χ0v) is 17.9. The van der Waals surface area contributed by atoms with E-state index in [4.69, 9.17) is 21.1 Å². The molecule has 0 saturated carbocycles. The van der Waals surface area contributed by atoms with Crippen LogP contribution in [0, 0.1) is 0 Å². The van der Waals surface area contributed by atoms with E-state index in [9.17, 15) is 13.2 Å². The van der Waals surface area contributed by atoms with Gasteiger partial charge in [-0.2, -0.15) is 8.42 Å². The number of thiazole rings is 1. The van der Waals surface area contributed by atoms with Crippen LogP contribution in [0.1, 0.15) is 16.6 Å². The molecule has 3 rings (SSSR count). The van der Waals surface area contributed by atoms with E-state index in [1.165, 1.54) is 23.8 Å². The monoisotopic (exact) mass is 452 g/mol. The molecular formula is C19H17ClN2O5S2. The van der Waals surface area contributed by atoms with Crippen LogP contribution < -0.4 is 14.3 Å². The number of hydrogen-bond donors (Lipinski definition) is 0. The first-order valence-electron chi connectivity index (χ1n) is 8.45. The number of halogens is 1. The molecule has 1 aromatic heterocycles. The molecule has 2 aromatic carbocycles. The number of hydrogen-bond acceptors (Lipinski definition) is 6. The van der Waals surface area contributed by atoms with Crippen LogP contribution in [-0.2, 0) is 10.0 Å². The molecule has 0 atom stereocenters. The van der Waals surface area contributed by atoms with E-state index in [0.717, 1.165) is 11.3 Å². The van der Waals surface area contributed by atoms with Crippen LogP contribution in [0.15, 0.2) is 57.8 Å². The summed E-state index contributed by atoms with van der Waals surface area (Å²) in [6.45, 7) is 2.30. The Morgan fingerprint density at radius 3 is 2.48 bits per heavy atom. The summed E-state index contributed by atoms with van der Waals surface area (Å²) in [7, 11) is -2.58. The predicted molar refractivity (Wildman–Crippen MR) is 111 cm³/mol. The average Bonchev–Trinajstić information content (AvgIpc) is 3.02. The van der Waals surface area contributed by atoms with E-state index in [-0.39, 0.29) is 19.7 Å². The lowest BCUT2D eigenvalue weighted by molar-refractivity contribution is 0.112. The van der Waals surface area contributed by atoms with E-state index in [1.54, 1.807) is 36.4 Å². The third-order valence-electron chi connectivity index (χ3n) is 3.86. The Morgan fingerprint density at radius 2 is 1.86 bits per heavy atom. The zero-order chi connectivity index (χ0) is 21.0. The standard InChI is InChI=1S/C19H17ClN2O5S2/c1-3-27-13-8-10-14(11-9-13)29(24,25)21-19-22(18(20)17(12-23)28-19)15-6-4-5-7-16(15)26-2/h4-12H,3H2,1-2H3/b21-19+. The number of aromatic nitrogens is 1. The maximum Gasteiger partial charge on any atom is 0.285 e. The summed E-state index contributed by atoms with van der Waals surface area (Å²) in [5.41, 5.74) is 0.463. The highest BCUT2D eigenvalue weighted by Crippen LogP contribution is 2.28. The number of rotatable bonds is 7. The van der Waals surface area contributed by atoms with E-state index in [0.29, 0.717) is 30.1 Å². The van der Waals surface area contributed by atoms with Crippen molar-refractivity contribution in [2.75, 3.05) is 13.7 Å². The summed E-state index contributed by atoms with van der Waals surface area (Å²) in [6, 6.07) is 12.8. The fraction of sp³-hybridized carbons (Fsp3) is 0.158. The Bertz CT molecular complexity index is 1200. The lowest BCUT2D eigenvalue weighted by Crippen LogP contribution is -2.16. The first-order valence-corrected chi connectivity index (χ1v) is 11.1. The third-order valence-corrected chi connectivity index (χ3v) is 6.70. The lowest BCUT2D eigenvalue weighted by atomic mass is 10.3. The van der Waals surface area contributed by atoms with Gasteiger partial charge in [-0.25, -0.2) is 0 Å². The minimum absolute atomic E-state index is 0.00953. The van der Waals surface area contributed by atoms with Crippen molar-refractivity contribution in [2.45, 2.75) is 11.8 Å². The Kier molecular flexibility index (Phi) is 6.41. The van der Waals surface area contributed by atoms with Crippen LogP contribution in [-0.4, -0.2) is 33.0 Å². The summed E-state index contributed by atoms with van der Waals surface area (Å²) in [6.07, 6.45) is 0.557. The molecule has 1 heterocycles. The maximum absolute atomic E-state index is 12.8. The number of nitrogens with zero attached hydrogens (tertiary/aromatic N) is 2. The number of sulfonamides is 1. The SMILES string of the molecule is CCOc1ccc(S(=O)(=O)/N=c2/sc(C=O)c(Cl)n2-c2ccccc2OC)cc1. The Labute approximate surface area is 176 Å². The zero-order valence-electron chi connectivity index (χ0n) is 15.5. The van der Waals surface area contributed by atoms with Crippen molar-refractivity contribution in [1.82, 2.24) is 4.57 Å². The molecule has 0 aliphatic heterocycles. The van der Waals surface area contributed by atoms with Gasteiger partial charge in [0.1, 0.15) is 21.5 Å². The number of aldehydes is 1. The summed E-state index contributed by atoms with van der Waals surface area (Å²) in [5, 5.41) is 0.0511. The Hall–Kier alpha value is -2.62. The van der Waals surface area contributed by atoms with Crippen molar-refractivity contribution in [3.63, 3.8) is 0 Å². The van der Waals surface area contributed by atoms with Crippen molar-refractivity contribution in [3.05, 3.63) is 63.4 Å². The fourth-order valence-corrected chi connectivity index (χ4v) is 4.96. The van der Waals surface area contributed by atoms with Gasteiger partial charge in [-0.1, -0.05) is 35.1 Å². The molecule has 152 valence electrons. The van der Waals surface area contributed by atoms with E-state index in [2.05, 4.69) is 4.40 Å². The third kappa shape index (κ3) is 4.36. The van der Waals surface area contributed by atoms with Gasteiger partial charge >= 0.3 is 0 Å².